The Morgan fingerprint density at radius 3 is 2.37 bits per heavy atom. The van der Waals surface area contributed by atoms with E-state index in [1.807, 2.05) is 18.2 Å². The third-order valence-corrected chi connectivity index (χ3v) is 6.56. The molecule has 4 atom stereocenters. The summed E-state index contributed by atoms with van der Waals surface area (Å²) >= 11 is 0. The summed E-state index contributed by atoms with van der Waals surface area (Å²) in [5.74, 6) is 0.436. The Bertz CT molecular complexity index is 483. The van der Waals surface area contributed by atoms with Crippen molar-refractivity contribution in [1.82, 2.24) is 0 Å². The zero-order chi connectivity index (χ0) is 13.9. The molecule has 104 valence electrons. The van der Waals surface area contributed by atoms with Crippen LogP contribution in [-0.4, -0.2) is 16.7 Å². The lowest BCUT2D eigenvalue weighted by Gasteiger charge is -2.47. The summed E-state index contributed by atoms with van der Waals surface area (Å²) in [7, 11) is 0. The van der Waals surface area contributed by atoms with E-state index in [2.05, 4.69) is 32.9 Å². The first-order chi connectivity index (χ1) is 8.83. The largest absolute Gasteiger partial charge is 0.387 e. The van der Waals surface area contributed by atoms with Crippen molar-refractivity contribution in [1.29, 1.82) is 0 Å². The standard InChI is InChI=1S/C17H25NO/c1-15(2)13-9-10-16(15,3)17(19,14(13)18)11-12-7-5-4-6-8-12/h4-8,13-14,19H,9-11,18H2,1-3H3. The summed E-state index contributed by atoms with van der Waals surface area (Å²) in [5, 5.41) is 11.4. The molecule has 1 aromatic rings. The van der Waals surface area contributed by atoms with Gasteiger partial charge in [-0.3, -0.25) is 0 Å². The molecular formula is C17H25NO. The van der Waals surface area contributed by atoms with Crippen LogP contribution in [0.5, 0.6) is 0 Å². The van der Waals surface area contributed by atoms with Gasteiger partial charge in [-0.1, -0.05) is 51.1 Å². The molecule has 3 N–H and O–H groups in total. The highest BCUT2D eigenvalue weighted by atomic mass is 16.3. The van der Waals surface area contributed by atoms with Crippen LogP contribution in [0.25, 0.3) is 0 Å². The van der Waals surface area contributed by atoms with E-state index in [0.717, 1.165) is 12.8 Å². The fourth-order valence-electron chi connectivity index (χ4n) is 4.86. The van der Waals surface area contributed by atoms with Crippen molar-refractivity contribution in [3.63, 3.8) is 0 Å². The first-order valence-electron chi connectivity index (χ1n) is 7.35. The second-order valence-electron chi connectivity index (χ2n) is 7.31. The Hall–Kier alpha value is -0.860. The number of fused-ring (bicyclic) bond motifs is 2. The number of aliphatic hydroxyl groups is 1. The van der Waals surface area contributed by atoms with Crippen LogP contribution >= 0.6 is 0 Å². The molecule has 2 aliphatic carbocycles. The second kappa shape index (κ2) is 3.83. The van der Waals surface area contributed by atoms with E-state index < -0.39 is 5.60 Å². The summed E-state index contributed by atoms with van der Waals surface area (Å²) in [4.78, 5) is 0. The normalized spacial score (nSPS) is 43.6. The molecular weight excluding hydrogens is 234 g/mol. The quantitative estimate of drug-likeness (QED) is 0.858. The molecule has 0 amide bonds. The molecule has 0 spiro atoms. The molecule has 1 aromatic carbocycles. The van der Waals surface area contributed by atoms with Gasteiger partial charge in [0.2, 0.25) is 0 Å². The number of hydrogen-bond donors (Lipinski definition) is 2. The topological polar surface area (TPSA) is 46.2 Å². The molecule has 4 unspecified atom stereocenters. The highest BCUT2D eigenvalue weighted by molar-refractivity contribution is 5.28. The summed E-state index contributed by atoms with van der Waals surface area (Å²) in [5.41, 5.74) is 6.90. The van der Waals surface area contributed by atoms with Gasteiger partial charge in [0, 0.05) is 17.9 Å². The van der Waals surface area contributed by atoms with Gasteiger partial charge in [-0.15, -0.1) is 0 Å². The first-order valence-corrected chi connectivity index (χ1v) is 7.35. The van der Waals surface area contributed by atoms with E-state index in [1.165, 1.54) is 5.56 Å². The van der Waals surface area contributed by atoms with Crippen molar-refractivity contribution in [2.45, 2.75) is 51.7 Å². The minimum absolute atomic E-state index is 0.0834. The Kier molecular flexibility index (Phi) is 2.65. The zero-order valence-electron chi connectivity index (χ0n) is 12.2. The lowest BCUT2D eigenvalue weighted by molar-refractivity contribution is -0.0974. The Morgan fingerprint density at radius 2 is 1.84 bits per heavy atom. The van der Waals surface area contributed by atoms with Crippen molar-refractivity contribution in [3.05, 3.63) is 35.9 Å². The highest BCUT2D eigenvalue weighted by Gasteiger charge is 2.72. The fraction of sp³-hybridized carbons (Fsp3) is 0.647. The smallest absolute Gasteiger partial charge is 0.0899 e. The average Bonchev–Trinajstić information content (AvgIpc) is 2.66. The van der Waals surface area contributed by atoms with Gasteiger partial charge in [0.15, 0.2) is 0 Å². The maximum Gasteiger partial charge on any atom is 0.0899 e. The molecule has 2 fully saturated rings. The van der Waals surface area contributed by atoms with E-state index in [9.17, 15) is 5.11 Å². The Labute approximate surface area is 116 Å². The van der Waals surface area contributed by atoms with Crippen molar-refractivity contribution >= 4 is 0 Å². The molecule has 2 bridgehead atoms. The summed E-state index contributed by atoms with van der Waals surface area (Å²) in [6.45, 7) is 6.81. The number of rotatable bonds is 2. The molecule has 3 rings (SSSR count). The van der Waals surface area contributed by atoms with Gasteiger partial charge in [-0.05, 0) is 29.7 Å². The molecule has 0 saturated heterocycles. The predicted octanol–water partition coefficient (Wildman–Crippen LogP) is 2.74. The molecule has 2 nitrogen and oxygen atoms in total. The van der Waals surface area contributed by atoms with Crippen LogP contribution in [0, 0.1) is 16.7 Å². The van der Waals surface area contributed by atoms with E-state index in [1.54, 1.807) is 0 Å². The maximum atomic E-state index is 11.4. The molecule has 0 aromatic heterocycles. The lowest BCUT2D eigenvalue weighted by atomic mass is 9.62. The van der Waals surface area contributed by atoms with Crippen LogP contribution in [0.2, 0.25) is 0 Å². The molecule has 0 aliphatic heterocycles. The van der Waals surface area contributed by atoms with Gasteiger partial charge in [0.1, 0.15) is 0 Å². The molecule has 0 radical (unpaired) electrons. The molecule has 0 heterocycles. The number of benzene rings is 1. The zero-order valence-corrected chi connectivity index (χ0v) is 12.2. The van der Waals surface area contributed by atoms with Crippen LogP contribution in [0.3, 0.4) is 0 Å². The maximum absolute atomic E-state index is 11.4. The Morgan fingerprint density at radius 1 is 1.21 bits per heavy atom. The van der Waals surface area contributed by atoms with Crippen LogP contribution in [-0.2, 0) is 6.42 Å². The summed E-state index contributed by atoms with van der Waals surface area (Å²) < 4.78 is 0. The SMILES string of the molecule is CC1(C)C2CCC1(C)C(O)(Cc1ccccc1)C2N. The van der Waals surface area contributed by atoms with E-state index in [4.69, 9.17) is 5.73 Å². The first kappa shape index (κ1) is 13.1. The van der Waals surface area contributed by atoms with Crippen LogP contribution in [0.4, 0.5) is 0 Å². The minimum Gasteiger partial charge on any atom is -0.387 e. The van der Waals surface area contributed by atoms with Gasteiger partial charge in [0.25, 0.3) is 0 Å². The number of hydrogen-bond acceptors (Lipinski definition) is 2. The highest BCUT2D eigenvalue weighted by Crippen LogP contribution is 2.69. The third-order valence-electron chi connectivity index (χ3n) is 6.56. The summed E-state index contributed by atoms with van der Waals surface area (Å²) in [6.07, 6.45) is 2.91. The van der Waals surface area contributed by atoms with Crippen molar-refractivity contribution in [2.24, 2.45) is 22.5 Å². The molecule has 19 heavy (non-hydrogen) atoms. The van der Waals surface area contributed by atoms with Crippen LogP contribution in [0.15, 0.2) is 30.3 Å². The van der Waals surface area contributed by atoms with E-state index >= 15 is 0 Å². The average molecular weight is 259 g/mol. The van der Waals surface area contributed by atoms with Crippen LogP contribution in [0.1, 0.15) is 39.2 Å². The van der Waals surface area contributed by atoms with Gasteiger partial charge >= 0.3 is 0 Å². The third kappa shape index (κ3) is 1.45. The van der Waals surface area contributed by atoms with Crippen LogP contribution < -0.4 is 5.73 Å². The molecule has 2 saturated carbocycles. The van der Waals surface area contributed by atoms with Crippen molar-refractivity contribution in [3.8, 4) is 0 Å². The van der Waals surface area contributed by atoms with E-state index in [-0.39, 0.29) is 16.9 Å². The van der Waals surface area contributed by atoms with Gasteiger partial charge in [-0.2, -0.15) is 0 Å². The molecule has 2 aliphatic rings. The van der Waals surface area contributed by atoms with Gasteiger partial charge in [0.05, 0.1) is 5.60 Å². The monoisotopic (exact) mass is 259 g/mol. The summed E-state index contributed by atoms with van der Waals surface area (Å²) in [6, 6.07) is 10.1. The second-order valence-corrected chi connectivity index (χ2v) is 7.31. The van der Waals surface area contributed by atoms with Gasteiger partial charge in [-0.25, -0.2) is 0 Å². The minimum atomic E-state index is -0.777. The Balaban J connectivity index is 2.00. The fourth-order valence-corrected chi connectivity index (χ4v) is 4.86. The van der Waals surface area contributed by atoms with Crippen molar-refractivity contribution in [2.75, 3.05) is 0 Å². The molecule has 2 heteroatoms. The van der Waals surface area contributed by atoms with E-state index in [0.29, 0.717) is 12.3 Å². The lowest BCUT2D eigenvalue weighted by Crippen LogP contribution is -2.58. The number of nitrogens with two attached hydrogens (primary N) is 1. The van der Waals surface area contributed by atoms with Crippen molar-refractivity contribution < 1.29 is 5.11 Å². The predicted molar refractivity (Wildman–Crippen MR) is 77.7 cm³/mol. The van der Waals surface area contributed by atoms with Gasteiger partial charge < -0.3 is 10.8 Å².